The van der Waals surface area contributed by atoms with E-state index in [1.165, 1.54) is 16.7 Å². The summed E-state index contributed by atoms with van der Waals surface area (Å²) in [7, 11) is 0. The van der Waals surface area contributed by atoms with Crippen molar-refractivity contribution >= 4 is 6.21 Å². The van der Waals surface area contributed by atoms with E-state index in [2.05, 4.69) is 43.6 Å². The van der Waals surface area contributed by atoms with E-state index in [-0.39, 0.29) is 0 Å². The lowest BCUT2D eigenvalue weighted by molar-refractivity contribution is 1.32. The van der Waals surface area contributed by atoms with Crippen LogP contribution in [0.25, 0.3) is 0 Å². The maximum Gasteiger partial charge on any atom is 0.0346 e. The molecule has 0 heterocycles. The van der Waals surface area contributed by atoms with Crippen molar-refractivity contribution < 1.29 is 0 Å². The lowest BCUT2D eigenvalue weighted by Gasteiger charge is -2.00. The number of benzene rings is 1. The highest BCUT2D eigenvalue weighted by Gasteiger charge is 1.94. The molecule has 1 nitrogen and oxygen atoms in total. The number of rotatable bonds is 2. The largest absolute Gasteiger partial charge is 0.262 e. The topological polar surface area (TPSA) is 12.4 Å². The molecule has 0 N–H and O–H groups in total. The predicted molar refractivity (Wildman–Crippen MR) is 58.3 cm³/mol. The van der Waals surface area contributed by atoms with Gasteiger partial charge in [0, 0.05) is 11.9 Å². The van der Waals surface area contributed by atoms with Gasteiger partial charge in [-0.25, -0.2) is 0 Å². The first-order valence-corrected chi connectivity index (χ1v) is 4.36. The summed E-state index contributed by atoms with van der Waals surface area (Å²) in [5.74, 6) is 0. The van der Waals surface area contributed by atoms with Gasteiger partial charge in [-0.1, -0.05) is 30.3 Å². The molecule has 0 aromatic heterocycles. The minimum Gasteiger partial charge on any atom is -0.262 e. The van der Waals surface area contributed by atoms with Crippen molar-refractivity contribution in [1.82, 2.24) is 0 Å². The average molecular weight is 173 g/mol. The van der Waals surface area contributed by atoms with Gasteiger partial charge in [0.15, 0.2) is 0 Å². The van der Waals surface area contributed by atoms with Gasteiger partial charge in [0.2, 0.25) is 0 Å². The molecule has 0 aliphatic carbocycles. The number of allylic oxidation sites excluding steroid dienone is 1. The summed E-state index contributed by atoms with van der Waals surface area (Å²) in [5, 5.41) is 0. The molecule has 0 radical (unpaired) electrons. The lowest BCUT2D eigenvalue weighted by atomic mass is 10.1. The Kier molecular flexibility index (Phi) is 3.02. The molecule has 1 aromatic carbocycles. The van der Waals surface area contributed by atoms with E-state index in [1.54, 1.807) is 0 Å². The normalized spacial score (nSPS) is 10.7. The molecule has 68 valence electrons. The highest BCUT2D eigenvalue weighted by Crippen LogP contribution is 2.08. The number of nitrogens with zero attached hydrogens (tertiary/aromatic N) is 1. The van der Waals surface area contributed by atoms with Crippen LogP contribution in [0.1, 0.15) is 23.6 Å². The standard InChI is InChI=1S/C12H15N/c1-9(2)13-8-12-7-10(3)5-6-11(12)4/h5-8H,1H2,2-4H3. The second-order valence-corrected chi connectivity index (χ2v) is 3.35. The SMILES string of the molecule is C=C(C)N=Cc1cc(C)ccc1C. The Balaban J connectivity index is 3.00. The van der Waals surface area contributed by atoms with Crippen molar-refractivity contribution in [3.05, 3.63) is 47.2 Å². The van der Waals surface area contributed by atoms with E-state index in [0.29, 0.717) is 0 Å². The monoisotopic (exact) mass is 173 g/mol. The van der Waals surface area contributed by atoms with Crippen LogP contribution in [0.5, 0.6) is 0 Å². The van der Waals surface area contributed by atoms with Gasteiger partial charge in [-0.05, 0) is 31.9 Å². The number of hydrogen-bond acceptors (Lipinski definition) is 1. The van der Waals surface area contributed by atoms with E-state index in [4.69, 9.17) is 0 Å². The van der Waals surface area contributed by atoms with Crippen LogP contribution in [-0.4, -0.2) is 6.21 Å². The molecule has 1 heteroatoms. The zero-order valence-electron chi connectivity index (χ0n) is 8.46. The van der Waals surface area contributed by atoms with Crippen LogP contribution in [0.4, 0.5) is 0 Å². The molecule has 1 aromatic rings. The van der Waals surface area contributed by atoms with Crippen LogP contribution in [-0.2, 0) is 0 Å². The Morgan fingerprint density at radius 3 is 2.69 bits per heavy atom. The molecule has 0 atom stereocenters. The van der Waals surface area contributed by atoms with Crippen LogP contribution in [0.2, 0.25) is 0 Å². The Bertz CT molecular complexity index is 348. The summed E-state index contributed by atoms with van der Waals surface area (Å²) < 4.78 is 0. The van der Waals surface area contributed by atoms with Gasteiger partial charge in [0.05, 0.1) is 0 Å². The first-order valence-electron chi connectivity index (χ1n) is 4.36. The molecule has 0 fully saturated rings. The molecule has 0 spiro atoms. The van der Waals surface area contributed by atoms with Gasteiger partial charge in [0.25, 0.3) is 0 Å². The van der Waals surface area contributed by atoms with Gasteiger partial charge in [-0.2, -0.15) is 0 Å². The number of aryl methyl sites for hydroxylation is 2. The van der Waals surface area contributed by atoms with Crippen LogP contribution in [0, 0.1) is 13.8 Å². The zero-order valence-corrected chi connectivity index (χ0v) is 8.46. The van der Waals surface area contributed by atoms with E-state index in [0.717, 1.165) is 5.70 Å². The van der Waals surface area contributed by atoms with Crippen molar-refractivity contribution in [2.75, 3.05) is 0 Å². The fraction of sp³-hybridized carbons (Fsp3) is 0.250. The second kappa shape index (κ2) is 4.04. The Hall–Kier alpha value is -1.37. The third-order valence-electron chi connectivity index (χ3n) is 1.86. The average Bonchev–Trinajstić information content (AvgIpc) is 2.06. The van der Waals surface area contributed by atoms with Crippen molar-refractivity contribution in [3.8, 4) is 0 Å². The summed E-state index contributed by atoms with van der Waals surface area (Å²) >= 11 is 0. The summed E-state index contributed by atoms with van der Waals surface area (Å²) in [5.41, 5.74) is 4.51. The molecule has 0 unspecified atom stereocenters. The maximum absolute atomic E-state index is 4.18. The molecule has 0 saturated heterocycles. The van der Waals surface area contributed by atoms with Gasteiger partial charge in [-0.3, -0.25) is 4.99 Å². The molecule has 13 heavy (non-hydrogen) atoms. The first kappa shape index (κ1) is 9.72. The fourth-order valence-electron chi connectivity index (χ4n) is 1.08. The van der Waals surface area contributed by atoms with Crippen LogP contribution in [0.3, 0.4) is 0 Å². The highest BCUT2D eigenvalue weighted by atomic mass is 14.7. The van der Waals surface area contributed by atoms with Gasteiger partial charge in [0.1, 0.15) is 0 Å². The smallest absolute Gasteiger partial charge is 0.0346 e. The number of aliphatic imine (C=N–C) groups is 1. The lowest BCUT2D eigenvalue weighted by Crippen LogP contribution is -1.87. The zero-order chi connectivity index (χ0) is 9.84. The Morgan fingerprint density at radius 2 is 2.08 bits per heavy atom. The quantitative estimate of drug-likeness (QED) is 0.609. The van der Waals surface area contributed by atoms with Crippen molar-refractivity contribution in [1.29, 1.82) is 0 Å². The minimum absolute atomic E-state index is 0.834. The molecule has 0 aliphatic rings. The Morgan fingerprint density at radius 1 is 1.38 bits per heavy atom. The number of hydrogen-bond donors (Lipinski definition) is 0. The third-order valence-corrected chi connectivity index (χ3v) is 1.86. The Labute approximate surface area is 79.8 Å². The fourth-order valence-corrected chi connectivity index (χ4v) is 1.08. The first-order chi connectivity index (χ1) is 6.09. The predicted octanol–water partition coefficient (Wildman–Crippen LogP) is 3.26. The second-order valence-electron chi connectivity index (χ2n) is 3.35. The van der Waals surface area contributed by atoms with Gasteiger partial charge < -0.3 is 0 Å². The van der Waals surface area contributed by atoms with Crippen LogP contribution in [0.15, 0.2) is 35.5 Å². The molecule has 0 aliphatic heterocycles. The van der Waals surface area contributed by atoms with Crippen molar-refractivity contribution in [2.24, 2.45) is 4.99 Å². The molecule has 1 rings (SSSR count). The van der Waals surface area contributed by atoms with Gasteiger partial charge >= 0.3 is 0 Å². The van der Waals surface area contributed by atoms with Crippen LogP contribution >= 0.6 is 0 Å². The summed E-state index contributed by atoms with van der Waals surface area (Å²) in [6, 6.07) is 6.34. The molecular weight excluding hydrogens is 158 g/mol. The summed E-state index contributed by atoms with van der Waals surface area (Å²) in [6.07, 6.45) is 1.87. The van der Waals surface area contributed by atoms with E-state index in [9.17, 15) is 0 Å². The highest BCUT2D eigenvalue weighted by molar-refractivity contribution is 5.82. The summed E-state index contributed by atoms with van der Waals surface area (Å²) in [4.78, 5) is 4.18. The third kappa shape index (κ3) is 2.86. The van der Waals surface area contributed by atoms with Crippen LogP contribution < -0.4 is 0 Å². The van der Waals surface area contributed by atoms with Gasteiger partial charge in [-0.15, -0.1) is 0 Å². The van der Waals surface area contributed by atoms with E-state index in [1.807, 2.05) is 13.1 Å². The summed E-state index contributed by atoms with van der Waals surface area (Å²) in [6.45, 7) is 9.78. The maximum atomic E-state index is 4.18. The van der Waals surface area contributed by atoms with E-state index < -0.39 is 0 Å². The molecule has 0 saturated carbocycles. The molecular formula is C12H15N. The molecule has 0 bridgehead atoms. The minimum atomic E-state index is 0.834. The van der Waals surface area contributed by atoms with E-state index >= 15 is 0 Å². The van der Waals surface area contributed by atoms with Crippen molar-refractivity contribution in [3.63, 3.8) is 0 Å². The molecule has 0 amide bonds. The van der Waals surface area contributed by atoms with Crippen molar-refractivity contribution in [2.45, 2.75) is 20.8 Å².